The van der Waals surface area contributed by atoms with E-state index in [0.29, 0.717) is 24.7 Å². The minimum atomic E-state index is -1.14. The fourth-order valence-electron chi connectivity index (χ4n) is 5.58. The lowest BCUT2D eigenvalue weighted by Gasteiger charge is -2.32. The van der Waals surface area contributed by atoms with Crippen LogP contribution in [0.3, 0.4) is 0 Å². The third kappa shape index (κ3) is 4.05. The zero-order chi connectivity index (χ0) is 26.6. The van der Waals surface area contributed by atoms with E-state index in [-0.39, 0.29) is 12.0 Å². The van der Waals surface area contributed by atoms with Crippen molar-refractivity contribution in [1.82, 2.24) is 33.9 Å². The van der Waals surface area contributed by atoms with Crippen LogP contribution in [0.25, 0.3) is 32.5 Å². The SMILES string of the molecule is COc1ccc(C(C2CCOCC2)n2c3cc(-c4c(C)nnn4C)cnc3c3snc(C(C)(C)O)c32)nc1. The Balaban J connectivity index is 1.68. The van der Waals surface area contributed by atoms with Crippen molar-refractivity contribution in [2.45, 2.75) is 45.3 Å². The Labute approximate surface area is 224 Å². The van der Waals surface area contributed by atoms with Crippen LogP contribution in [0.2, 0.25) is 0 Å². The third-order valence-corrected chi connectivity index (χ3v) is 8.23. The maximum absolute atomic E-state index is 11.2. The van der Waals surface area contributed by atoms with Gasteiger partial charge in [0.2, 0.25) is 0 Å². The molecule has 198 valence electrons. The topological polar surface area (TPSA) is 113 Å². The second kappa shape index (κ2) is 9.40. The Morgan fingerprint density at radius 2 is 1.97 bits per heavy atom. The van der Waals surface area contributed by atoms with Crippen molar-refractivity contribution in [3.8, 4) is 17.0 Å². The summed E-state index contributed by atoms with van der Waals surface area (Å²) < 4.78 is 20.9. The van der Waals surface area contributed by atoms with Crippen LogP contribution in [-0.4, -0.2) is 59.3 Å². The molecule has 1 aliphatic rings. The van der Waals surface area contributed by atoms with Crippen molar-refractivity contribution in [2.24, 2.45) is 13.0 Å². The van der Waals surface area contributed by atoms with Gasteiger partial charge in [-0.25, -0.2) is 4.68 Å². The molecular formula is C27H31N7O3S. The van der Waals surface area contributed by atoms with Gasteiger partial charge in [-0.1, -0.05) is 5.21 Å². The van der Waals surface area contributed by atoms with Crippen molar-refractivity contribution < 1.29 is 14.6 Å². The van der Waals surface area contributed by atoms with E-state index >= 15 is 0 Å². The number of aliphatic hydroxyl groups is 1. The second-order valence-electron chi connectivity index (χ2n) is 10.4. The average Bonchev–Trinajstić information content (AvgIpc) is 3.58. The van der Waals surface area contributed by atoms with Gasteiger partial charge in [0, 0.05) is 32.0 Å². The quantitative estimate of drug-likeness (QED) is 0.342. The number of aromatic nitrogens is 7. The summed E-state index contributed by atoms with van der Waals surface area (Å²) in [6, 6.07) is 6.02. The summed E-state index contributed by atoms with van der Waals surface area (Å²) in [5, 5.41) is 19.6. The summed E-state index contributed by atoms with van der Waals surface area (Å²) in [4.78, 5) is 9.81. The molecule has 0 aliphatic carbocycles. The van der Waals surface area contributed by atoms with E-state index in [1.54, 1.807) is 31.8 Å². The lowest BCUT2D eigenvalue weighted by atomic mass is 9.88. The average molecular weight is 534 g/mol. The largest absolute Gasteiger partial charge is 0.495 e. The molecule has 38 heavy (non-hydrogen) atoms. The predicted molar refractivity (Wildman–Crippen MR) is 145 cm³/mol. The van der Waals surface area contributed by atoms with E-state index in [1.165, 1.54) is 11.5 Å². The van der Waals surface area contributed by atoms with Crippen molar-refractivity contribution in [2.75, 3.05) is 20.3 Å². The molecule has 0 aromatic carbocycles. The van der Waals surface area contributed by atoms with Crippen molar-refractivity contribution >= 4 is 32.8 Å². The summed E-state index contributed by atoms with van der Waals surface area (Å²) in [5.41, 5.74) is 5.84. The van der Waals surface area contributed by atoms with E-state index < -0.39 is 5.60 Å². The van der Waals surface area contributed by atoms with Crippen molar-refractivity contribution in [3.05, 3.63) is 47.7 Å². The number of hydrogen-bond donors (Lipinski definition) is 1. The zero-order valence-corrected chi connectivity index (χ0v) is 23.0. The van der Waals surface area contributed by atoms with Crippen LogP contribution in [0, 0.1) is 12.8 Å². The fourth-order valence-corrected chi connectivity index (χ4v) is 6.59. The van der Waals surface area contributed by atoms with Gasteiger partial charge in [-0.05, 0) is 69.3 Å². The summed E-state index contributed by atoms with van der Waals surface area (Å²) >= 11 is 1.38. The van der Waals surface area contributed by atoms with Gasteiger partial charge in [0.05, 0.1) is 52.2 Å². The minimum Gasteiger partial charge on any atom is -0.495 e. The van der Waals surface area contributed by atoms with Gasteiger partial charge in [-0.2, -0.15) is 4.37 Å². The normalized spacial score (nSPS) is 15.9. The van der Waals surface area contributed by atoms with Gasteiger partial charge in [-0.3, -0.25) is 9.97 Å². The maximum atomic E-state index is 11.2. The maximum Gasteiger partial charge on any atom is 0.137 e. The molecule has 10 nitrogen and oxygen atoms in total. The second-order valence-corrected chi connectivity index (χ2v) is 11.2. The highest BCUT2D eigenvalue weighted by molar-refractivity contribution is 7.14. The molecular weight excluding hydrogens is 502 g/mol. The summed E-state index contributed by atoms with van der Waals surface area (Å²) in [6.45, 7) is 6.91. The number of rotatable bonds is 6. The number of aryl methyl sites for hydroxylation is 2. The molecule has 0 saturated carbocycles. The van der Waals surface area contributed by atoms with Crippen LogP contribution < -0.4 is 4.74 Å². The van der Waals surface area contributed by atoms with Crippen LogP contribution in [0.15, 0.2) is 30.6 Å². The lowest BCUT2D eigenvalue weighted by molar-refractivity contribution is 0.0543. The molecule has 5 aromatic heterocycles. The minimum absolute atomic E-state index is 0.120. The number of pyridine rings is 2. The Hall–Kier alpha value is -3.41. The monoisotopic (exact) mass is 533 g/mol. The molecule has 1 unspecified atom stereocenters. The molecule has 1 N–H and O–H groups in total. The van der Waals surface area contributed by atoms with E-state index in [0.717, 1.165) is 56.7 Å². The van der Waals surface area contributed by atoms with Crippen LogP contribution in [-0.2, 0) is 17.4 Å². The standard InChI is InChI=1S/C27H31N7O3S/c1-15-22(33(4)32-30-15)17-12-20-21(29-13-17)25-24(26(31-38-25)27(2,3)35)34(20)23(16-8-10-37-11-9-16)19-7-6-18(36-5)14-28-19/h6-7,12-14,16,23,35H,8-11H2,1-5H3. The zero-order valence-electron chi connectivity index (χ0n) is 22.2. The van der Waals surface area contributed by atoms with Gasteiger partial charge in [0.25, 0.3) is 0 Å². The molecule has 1 fully saturated rings. The first-order chi connectivity index (χ1) is 18.3. The Morgan fingerprint density at radius 1 is 1.18 bits per heavy atom. The number of fused-ring (bicyclic) bond motifs is 3. The van der Waals surface area contributed by atoms with Gasteiger partial charge < -0.3 is 19.1 Å². The molecule has 6 rings (SSSR count). The van der Waals surface area contributed by atoms with Gasteiger partial charge in [0.15, 0.2) is 0 Å². The summed E-state index contributed by atoms with van der Waals surface area (Å²) in [7, 11) is 3.53. The fraction of sp³-hybridized carbons (Fsp3) is 0.444. The number of hydrogen-bond acceptors (Lipinski definition) is 9. The molecule has 6 heterocycles. The smallest absolute Gasteiger partial charge is 0.137 e. The number of methoxy groups -OCH3 is 1. The van der Waals surface area contributed by atoms with Crippen LogP contribution >= 0.6 is 11.5 Å². The highest BCUT2D eigenvalue weighted by atomic mass is 32.1. The molecule has 1 atom stereocenters. The van der Waals surface area contributed by atoms with Gasteiger partial charge >= 0.3 is 0 Å². The van der Waals surface area contributed by atoms with Crippen LogP contribution in [0.1, 0.15) is 49.8 Å². The number of ether oxygens (including phenoxy) is 2. The molecule has 0 spiro atoms. The van der Waals surface area contributed by atoms with E-state index in [9.17, 15) is 5.11 Å². The molecule has 1 saturated heterocycles. The predicted octanol–water partition coefficient (Wildman–Crippen LogP) is 4.40. The third-order valence-electron chi connectivity index (χ3n) is 7.39. The van der Waals surface area contributed by atoms with Gasteiger partial charge in [-0.15, -0.1) is 5.10 Å². The Morgan fingerprint density at radius 3 is 2.61 bits per heavy atom. The van der Waals surface area contributed by atoms with E-state index in [2.05, 4.69) is 20.9 Å². The highest BCUT2D eigenvalue weighted by Gasteiger charge is 2.35. The lowest BCUT2D eigenvalue weighted by Crippen LogP contribution is -2.28. The first-order valence-electron chi connectivity index (χ1n) is 12.7. The van der Waals surface area contributed by atoms with Crippen molar-refractivity contribution in [3.63, 3.8) is 0 Å². The van der Waals surface area contributed by atoms with Crippen LogP contribution in [0.4, 0.5) is 0 Å². The first-order valence-corrected chi connectivity index (χ1v) is 13.5. The van der Waals surface area contributed by atoms with E-state index in [4.69, 9.17) is 23.8 Å². The van der Waals surface area contributed by atoms with Crippen LogP contribution in [0.5, 0.6) is 5.75 Å². The summed E-state index contributed by atoms with van der Waals surface area (Å²) in [5.74, 6) is 0.973. The van der Waals surface area contributed by atoms with E-state index in [1.807, 2.05) is 32.3 Å². The summed E-state index contributed by atoms with van der Waals surface area (Å²) in [6.07, 6.45) is 5.43. The molecule has 0 radical (unpaired) electrons. The Bertz CT molecular complexity index is 1590. The van der Waals surface area contributed by atoms with Gasteiger partial charge in [0.1, 0.15) is 22.6 Å². The molecule has 0 bridgehead atoms. The van der Waals surface area contributed by atoms with Crippen molar-refractivity contribution in [1.29, 1.82) is 0 Å². The Kier molecular flexibility index (Phi) is 6.16. The highest BCUT2D eigenvalue weighted by Crippen LogP contribution is 2.44. The molecule has 5 aromatic rings. The molecule has 1 aliphatic heterocycles. The first kappa shape index (κ1) is 24.9. The molecule has 0 amide bonds. The molecule has 11 heteroatoms. The number of nitrogens with zero attached hydrogens (tertiary/aromatic N) is 7.